The van der Waals surface area contributed by atoms with Gasteiger partial charge in [0.15, 0.2) is 0 Å². The van der Waals surface area contributed by atoms with Crippen LogP contribution in [0.25, 0.3) is 11.1 Å². The molecule has 0 saturated heterocycles. The Kier molecular flexibility index (Phi) is 7.58. The molecule has 2 unspecified atom stereocenters. The lowest BCUT2D eigenvalue weighted by molar-refractivity contribution is -0.137. The molecule has 0 fully saturated rings. The summed E-state index contributed by atoms with van der Waals surface area (Å²) >= 11 is 0. The molecule has 5 rings (SSSR count). The molecule has 0 radical (unpaired) electrons. The van der Waals surface area contributed by atoms with Crippen molar-refractivity contribution in [1.29, 1.82) is 0 Å². The lowest BCUT2D eigenvalue weighted by Gasteiger charge is -2.19. The second-order valence-corrected chi connectivity index (χ2v) is 12.8. The molecule has 0 saturated carbocycles. The number of hydrogen-bond acceptors (Lipinski definition) is 6. The zero-order valence-electron chi connectivity index (χ0n) is 22.5. The summed E-state index contributed by atoms with van der Waals surface area (Å²) in [6.07, 6.45) is 3.39. The van der Waals surface area contributed by atoms with E-state index >= 15 is 0 Å². The summed E-state index contributed by atoms with van der Waals surface area (Å²) in [6.45, 7) is 4.87. The fourth-order valence-corrected chi connectivity index (χ4v) is 6.39. The number of ether oxygens (including phenoxy) is 3. The zero-order valence-corrected chi connectivity index (χ0v) is 23.3. The largest absolute Gasteiger partial charge is 0.493 e. The monoisotopic (exact) mass is 550 g/mol. The molecule has 1 N–H and O–H groups in total. The summed E-state index contributed by atoms with van der Waals surface area (Å²) in [4.78, 5) is 11.2. The number of carboxylic acids is 1. The van der Waals surface area contributed by atoms with Crippen molar-refractivity contribution in [2.75, 3.05) is 25.2 Å². The summed E-state index contributed by atoms with van der Waals surface area (Å²) in [5.74, 6) is 1.33. The van der Waals surface area contributed by atoms with Gasteiger partial charge in [0.05, 0.1) is 25.4 Å². The van der Waals surface area contributed by atoms with Crippen LogP contribution in [0.15, 0.2) is 48.5 Å². The highest BCUT2D eigenvalue weighted by molar-refractivity contribution is 7.90. The van der Waals surface area contributed by atoms with Gasteiger partial charge in [0.25, 0.3) is 0 Å². The minimum absolute atomic E-state index is 0.0533. The maximum Gasteiger partial charge on any atom is 0.304 e. The summed E-state index contributed by atoms with van der Waals surface area (Å²) in [5, 5.41) is 9.16. The highest BCUT2D eigenvalue weighted by Gasteiger charge is 2.30. The van der Waals surface area contributed by atoms with Crippen molar-refractivity contribution in [2.24, 2.45) is 0 Å². The highest BCUT2D eigenvalue weighted by atomic mass is 32.2. The molecule has 1 aliphatic carbocycles. The van der Waals surface area contributed by atoms with Crippen molar-refractivity contribution in [2.45, 2.75) is 51.6 Å². The average Bonchev–Trinajstić information content (AvgIpc) is 3.46. The first-order chi connectivity index (χ1) is 18.6. The molecule has 2 atom stereocenters. The topological polar surface area (TPSA) is 99.1 Å². The predicted molar refractivity (Wildman–Crippen MR) is 150 cm³/mol. The van der Waals surface area contributed by atoms with Gasteiger partial charge >= 0.3 is 5.97 Å². The van der Waals surface area contributed by atoms with E-state index in [0.29, 0.717) is 31.1 Å². The van der Waals surface area contributed by atoms with Crippen LogP contribution < -0.4 is 14.2 Å². The Hall–Kier alpha value is -3.52. The first-order valence-electron chi connectivity index (χ1n) is 13.3. The van der Waals surface area contributed by atoms with Gasteiger partial charge in [-0.3, -0.25) is 4.79 Å². The van der Waals surface area contributed by atoms with E-state index in [9.17, 15) is 13.2 Å². The lowest BCUT2D eigenvalue weighted by Crippen LogP contribution is -2.08. The number of carbonyl (C=O) groups is 1. The third-order valence-corrected chi connectivity index (χ3v) is 8.62. The van der Waals surface area contributed by atoms with Gasteiger partial charge in [-0.2, -0.15) is 0 Å². The van der Waals surface area contributed by atoms with E-state index in [1.165, 1.54) is 17.4 Å². The summed E-state index contributed by atoms with van der Waals surface area (Å²) in [5.41, 5.74) is 7.85. The Labute approximate surface area is 229 Å². The molecule has 1 aliphatic heterocycles. The maximum absolute atomic E-state index is 11.4. The Morgan fingerprint density at radius 3 is 2.69 bits per heavy atom. The van der Waals surface area contributed by atoms with Crippen LogP contribution in [0.4, 0.5) is 0 Å². The van der Waals surface area contributed by atoms with Crippen LogP contribution in [0.2, 0.25) is 0 Å². The molecule has 39 heavy (non-hydrogen) atoms. The van der Waals surface area contributed by atoms with Crippen molar-refractivity contribution >= 4 is 15.8 Å². The highest BCUT2D eigenvalue weighted by Crippen LogP contribution is 2.44. The molecule has 7 nitrogen and oxygen atoms in total. The Bertz CT molecular complexity index is 1510. The summed E-state index contributed by atoms with van der Waals surface area (Å²) in [6, 6.07) is 16.1. The number of aliphatic carboxylic acids is 1. The molecule has 8 heteroatoms. The van der Waals surface area contributed by atoms with Crippen LogP contribution in [-0.2, 0) is 21.1 Å². The van der Waals surface area contributed by atoms with Crippen LogP contribution in [-0.4, -0.2) is 44.7 Å². The summed E-state index contributed by atoms with van der Waals surface area (Å²) in [7, 11) is -3.01. The fraction of sp³-hybridized carbons (Fsp3) is 0.387. The van der Waals surface area contributed by atoms with Crippen LogP contribution >= 0.6 is 0 Å². The maximum atomic E-state index is 11.4. The van der Waals surface area contributed by atoms with E-state index in [-0.39, 0.29) is 24.2 Å². The third kappa shape index (κ3) is 5.91. The van der Waals surface area contributed by atoms with Gasteiger partial charge in [0.2, 0.25) is 0 Å². The first-order valence-corrected chi connectivity index (χ1v) is 15.3. The normalized spacial score (nSPS) is 17.8. The molecule has 206 valence electrons. The molecular weight excluding hydrogens is 516 g/mol. The number of hydrogen-bond donors (Lipinski definition) is 1. The second-order valence-electron chi connectivity index (χ2n) is 10.5. The number of benzene rings is 3. The minimum atomic E-state index is -3.01. The van der Waals surface area contributed by atoms with E-state index < -0.39 is 15.8 Å². The first kappa shape index (κ1) is 27.1. The van der Waals surface area contributed by atoms with Gasteiger partial charge in [0.1, 0.15) is 33.2 Å². The van der Waals surface area contributed by atoms with Crippen molar-refractivity contribution in [3.8, 4) is 28.4 Å². The van der Waals surface area contributed by atoms with E-state index in [0.717, 1.165) is 46.4 Å². The molecule has 3 aromatic rings. The fourth-order valence-electron chi connectivity index (χ4n) is 5.75. The van der Waals surface area contributed by atoms with E-state index in [2.05, 4.69) is 38.1 Å². The Morgan fingerprint density at radius 2 is 1.92 bits per heavy atom. The quantitative estimate of drug-likeness (QED) is 0.319. The van der Waals surface area contributed by atoms with Gasteiger partial charge in [-0.15, -0.1) is 0 Å². The number of rotatable bonds is 10. The Balaban J connectivity index is 1.36. The molecule has 2 aliphatic rings. The van der Waals surface area contributed by atoms with Crippen LogP contribution in [0.5, 0.6) is 17.2 Å². The number of aryl methyl sites for hydroxylation is 1. The van der Waals surface area contributed by atoms with Crippen LogP contribution in [0.3, 0.4) is 0 Å². The standard InChI is InChI=1S/C31H34O7S/c1-19-8-12-27(36-14-5-15-39(3,34)35)20(2)31(19)26-7-4-6-25-24(26)11-13-28(25)38-22-9-10-23-21(16-30(32)33)18-37-29(23)17-22/h4,6-10,12,17,21,28H,5,11,13-16,18H2,1-3H3,(H,32,33). The van der Waals surface area contributed by atoms with E-state index in [4.69, 9.17) is 19.3 Å². The SMILES string of the molecule is Cc1ccc(OCCCS(C)(=O)=O)c(C)c1-c1cccc2c1CCC2Oc1ccc2c(c1)OCC2CC(=O)O. The van der Waals surface area contributed by atoms with E-state index in [1.807, 2.05) is 24.3 Å². The van der Waals surface area contributed by atoms with Crippen LogP contribution in [0.1, 0.15) is 59.1 Å². The van der Waals surface area contributed by atoms with Crippen LogP contribution in [0, 0.1) is 13.8 Å². The molecule has 0 amide bonds. The van der Waals surface area contributed by atoms with Crippen molar-refractivity contribution in [3.63, 3.8) is 0 Å². The van der Waals surface area contributed by atoms with Gasteiger partial charge in [-0.05, 0) is 78.6 Å². The van der Waals surface area contributed by atoms with Gasteiger partial charge in [-0.25, -0.2) is 8.42 Å². The molecule has 0 aromatic heterocycles. The third-order valence-electron chi connectivity index (χ3n) is 7.59. The van der Waals surface area contributed by atoms with Gasteiger partial charge in [-0.1, -0.05) is 30.3 Å². The predicted octanol–water partition coefficient (Wildman–Crippen LogP) is 5.80. The minimum Gasteiger partial charge on any atom is -0.493 e. The smallest absolute Gasteiger partial charge is 0.304 e. The average molecular weight is 551 g/mol. The number of sulfone groups is 1. The van der Waals surface area contributed by atoms with Gasteiger partial charge < -0.3 is 19.3 Å². The number of fused-ring (bicyclic) bond motifs is 2. The molecule has 0 spiro atoms. The summed E-state index contributed by atoms with van der Waals surface area (Å²) < 4.78 is 41.1. The zero-order chi connectivity index (χ0) is 27.7. The molecule has 3 aromatic carbocycles. The van der Waals surface area contributed by atoms with Gasteiger partial charge in [0, 0.05) is 23.8 Å². The van der Waals surface area contributed by atoms with Crippen molar-refractivity contribution in [3.05, 3.63) is 76.3 Å². The second kappa shape index (κ2) is 10.9. The van der Waals surface area contributed by atoms with Crippen molar-refractivity contribution < 1.29 is 32.5 Å². The number of carboxylic acid groups (broad SMARTS) is 1. The van der Waals surface area contributed by atoms with E-state index in [1.54, 1.807) is 0 Å². The Morgan fingerprint density at radius 1 is 1.10 bits per heavy atom. The van der Waals surface area contributed by atoms with Crippen molar-refractivity contribution in [1.82, 2.24) is 0 Å². The molecule has 0 bridgehead atoms. The molecule has 1 heterocycles. The lowest BCUT2D eigenvalue weighted by atomic mass is 9.90. The molecular formula is C31H34O7S.